The number of nitrogens with zero attached hydrogens (tertiary/aromatic N) is 1. The van der Waals surface area contributed by atoms with E-state index in [1.807, 2.05) is 11.4 Å². The predicted molar refractivity (Wildman–Crippen MR) is 82.4 cm³/mol. The summed E-state index contributed by atoms with van der Waals surface area (Å²) in [5, 5.41) is 14.6. The standard InChI is InChI=1S/C16H18N2O2S/c19-13-8-12(9-17-10-13)16(20)18-15(11-4-1-2-5-11)14-6-3-7-21-14/h3,6-11,15,19H,1-2,4-5H2,(H,18,20). The van der Waals surface area contributed by atoms with Crippen LogP contribution in [0.25, 0.3) is 0 Å². The maximum Gasteiger partial charge on any atom is 0.253 e. The van der Waals surface area contributed by atoms with Crippen LogP contribution in [0.1, 0.15) is 47.0 Å². The third-order valence-electron chi connectivity index (χ3n) is 3.99. The molecule has 5 heteroatoms. The van der Waals surface area contributed by atoms with Gasteiger partial charge >= 0.3 is 0 Å². The van der Waals surface area contributed by atoms with Gasteiger partial charge in [0.05, 0.1) is 17.8 Å². The van der Waals surface area contributed by atoms with Crippen LogP contribution in [0, 0.1) is 5.92 Å². The summed E-state index contributed by atoms with van der Waals surface area (Å²) in [6.45, 7) is 0. The molecule has 2 aromatic heterocycles. The van der Waals surface area contributed by atoms with Crippen molar-refractivity contribution in [2.24, 2.45) is 5.92 Å². The number of thiophene rings is 1. The number of rotatable bonds is 4. The van der Waals surface area contributed by atoms with Gasteiger partial charge < -0.3 is 10.4 Å². The van der Waals surface area contributed by atoms with Crippen LogP contribution in [0.4, 0.5) is 0 Å². The molecule has 1 fully saturated rings. The highest BCUT2D eigenvalue weighted by Crippen LogP contribution is 2.37. The van der Waals surface area contributed by atoms with E-state index in [1.165, 1.54) is 36.2 Å². The number of hydrogen-bond acceptors (Lipinski definition) is 4. The van der Waals surface area contributed by atoms with Crippen LogP contribution < -0.4 is 5.32 Å². The Labute approximate surface area is 127 Å². The summed E-state index contributed by atoms with van der Waals surface area (Å²) < 4.78 is 0. The van der Waals surface area contributed by atoms with Gasteiger partial charge in [0, 0.05) is 11.1 Å². The number of aromatic hydroxyl groups is 1. The lowest BCUT2D eigenvalue weighted by Crippen LogP contribution is -2.32. The summed E-state index contributed by atoms with van der Waals surface area (Å²) in [6.07, 6.45) is 7.58. The van der Waals surface area contributed by atoms with Crippen molar-refractivity contribution >= 4 is 17.2 Å². The smallest absolute Gasteiger partial charge is 0.253 e. The molecule has 0 radical (unpaired) electrons. The Kier molecular flexibility index (Phi) is 4.20. The Morgan fingerprint density at radius 2 is 2.19 bits per heavy atom. The van der Waals surface area contributed by atoms with Crippen LogP contribution in [0.3, 0.4) is 0 Å². The topological polar surface area (TPSA) is 62.2 Å². The van der Waals surface area contributed by atoms with Crippen molar-refractivity contribution < 1.29 is 9.90 Å². The minimum Gasteiger partial charge on any atom is -0.506 e. The van der Waals surface area contributed by atoms with Gasteiger partial charge in [-0.3, -0.25) is 9.78 Å². The van der Waals surface area contributed by atoms with Gasteiger partial charge in [-0.1, -0.05) is 18.9 Å². The van der Waals surface area contributed by atoms with E-state index >= 15 is 0 Å². The molecule has 2 aromatic rings. The maximum absolute atomic E-state index is 12.4. The van der Waals surface area contributed by atoms with Crippen LogP contribution in [0.2, 0.25) is 0 Å². The van der Waals surface area contributed by atoms with Gasteiger partial charge in [0.2, 0.25) is 0 Å². The minimum absolute atomic E-state index is 0.0104. The number of aromatic nitrogens is 1. The Balaban J connectivity index is 1.79. The fourth-order valence-corrected chi connectivity index (χ4v) is 3.83. The molecular weight excluding hydrogens is 284 g/mol. The second-order valence-electron chi connectivity index (χ2n) is 5.44. The van der Waals surface area contributed by atoms with E-state index < -0.39 is 0 Å². The lowest BCUT2D eigenvalue weighted by atomic mass is 9.96. The quantitative estimate of drug-likeness (QED) is 0.908. The first-order valence-corrected chi connectivity index (χ1v) is 8.10. The van der Waals surface area contributed by atoms with Crippen molar-refractivity contribution in [1.82, 2.24) is 10.3 Å². The van der Waals surface area contributed by atoms with Crippen molar-refractivity contribution in [2.75, 3.05) is 0 Å². The Bertz CT molecular complexity index is 606. The Morgan fingerprint density at radius 3 is 2.86 bits per heavy atom. The number of carbonyl (C=O) groups excluding carboxylic acids is 1. The second-order valence-corrected chi connectivity index (χ2v) is 6.42. The van der Waals surface area contributed by atoms with Gasteiger partial charge in [-0.25, -0.2) is 0 Å². The lowest BCUT2D eigenvalue weighted by molar-refractivity contribution is 0.0922. The van der Waals surface area contributed by atoms with Crippen LogP contribution in [-0.2, 0) is 0 Å². The zero-order chi connectivity index (χ0) is 14.7. The fourth-order valence-electron chi connectivity index (χ4n) is 2.96. The third kappa shape index (κ3) is 3.24. The molecule has 0 spiro atoms. The molecule has 1 amide bonds. The normalized spacial score (nSPS) is 16.8. The molecule has 1 unspecified atom stereocenters. The highest BCUT2D eigenvalue weighted by atomic mass is 32.1. The van der Waals surface area contributed by atoms with Crippen LogP contribution >= 0.6 is 11.3 Å². The van der Waals surface area contributed by atoms with E-state index in [9.17, 15) is 9.90 Å². The summed E-state index contributed by atoms with van der Waals surface area (Å²) in [6, 6.07) is 5.60. The summed E-state index contributed by atoms with van der Waals surface area (Å²) >= 11 is 1.68. The molecule has 0 saturated heterocycles. The molecule has 0 aliphatic heterocycles. The molecule has 0 aromatic carbocycles. The van der Waals surface area contributed by atoms with Gasteiger partial charge in [0.1, 0.15) is 5.75 Å². The molecule has 2 N–H and O–H groups in total. The molecule has 2 heterocycles. The van der Waals surface area contributed by atoms with Gasteiger partial charge in [0.25, 0.3) is 5.91 Å². The predicted octanol–water partition coefficient (Wildman–Crippen LogP) is 3.51. The van der Waals surface area contributed by atoms with Gasteiger partial charge in [0.15, 0.2) is 0 Å². The van der Waals surface area contributed by atoms with E-state index in [-0.39, 0.29) is 17.7 Å². The first kappa shape index (κ1) is 14.1. The molecule has 0 bridgehead atoms. The average Bonchev–Trinajstić information content (AvgIpc) is 3.18. The van der Waals surface area contributed by atoms with Gasteiger partial charge in [-0.05, 0) is 36.3 Å². The lowest BCUT2D eigenvalue weighted by Gasteiger charge is -2.23. The summed E-state index contributed by atoms with van der Waals surface area (Å²) in [7, 11) is 0. The van der Waals surface area contributed by atoms with E-state index in [0.29, 0.717) is 11.5 Å². The number of nitrogens with one attached hydrogen (secondary N) is 1. The monoisotopic (exact) mass is 302 g/mol. The van der Waals surface area contributed by atoms with Crippen LogP contribution in [0.5, 0.6) is 5.75 Å². The maximum atomic E-state index is 12.4. The first-order chi connectivity index (χ1) is 10.2. The minimum atomic E-state index is -0.177. The number of carbonyl (C=O) groups is 1. The zero-order valence-electron chi connectivity index (χ0n) is 11.7. The number of hydrogen-bond donors (Lipinski definition) is 2. The molecule has 1 aliphatic rings. The highest BCUT2D eigenvalue weighted by Gasteiger charge is 2.28. The van der Waals surface area contributed by atoms with Crippen LogP contribution in [0.15, 0.2) is 36.0 Å². The van der Waals surface area contributed by atoms with E-state index in [2.05, 4.69) is 16.4 Å². The van der Waals surface area contributed by atoms with Crippen molar-refractivity contribution in [3.8, 4) is 5.75 Å². The molecule has 1 saturated carbocycles. The summed E-state index contributed by atoms with van der Waals surface area (Å²) in [5.74, 6) is 0.331. The summed E-state index contributed by atoms with van der Waals surface area (Å²) in [4.78, 5) is 17.5. The second kappa shape index (κ2) is 6.26. The molecule has 3 rings (SSSR count). The SMILES string of the molecule is O=C(NC(c1cccs1)C1CCCC1)c1cncc(O)c1. The van der Waals surface area contributed by atoms with E-state index in [1.54, 1.807) is 11.3 Å². The fraction of sp³-hybridized carbons (Fsp3) is 0.375. The van der Waals surface area contributed by atoms with Crippen molar-refractivity contribution in [1.29, 1.82) is 0 Å². The molecule has 21 heavy (non-hydrogen) atoms. The molecule has 1 aliphatic carbocycles. The Hall–Kier alpha value is -1.88. The molecule has 1 atom stereocenters. The Morgan fingerprint density at radius 1 is 1.38 bits per heavy atom. The number of amides is 1. The molecular formula is C16H18N2O2S. The zero-order valence-corrected chi connectivity index (χ0v) is 12.5. The van der Waals surface area contributed by atoms with E-state index in [0.717, 1.165) is 12.8 Å². The van der Waals surface area contributed by atoms with Crippen molar-refractivity contribution in [3.63, 3.8) is 0 Å². The van der Waals surface area contributed by atoms with Crippen molar-refractivity contribution in [2.45, 2.75) is 31.7 Å². The van der Waals surface area contributed by atoms with Gasteiger partial charge in [-0.2, -0.15) is 0 Å². The van der Waals surface area contributed by atoms with Crippen molar-refractivity contribution in [3.05, 3.63) is 46.4 Å². The molecule has 110 valence electrons. The highest BCUT2D eigenvalue weighted by molar-refractivity contribution is 7.10. The molecule has 4 nitrogen and oxygen atoms in total. The first-order valence-electron chi connectivity index (χ1n) is 7.22. The average molecular weight is 302 g/mol. The van der Waals surface area contributed by atoms with Crippen LogP contribution in [-0.4, -0.2) is 16.0 Å². The summed E-state index contributed by atoms with van der Waals surface area (Å²) in [5.41, 5.74) is 0.398. The van der Waals surface area contributed by atoms with Gasteiger partial charge in [-0.15, -0.1) is 11.3 Å². The third-order valence-corrected chi connectivity index (χ3v) is 4.95. The van der Waals surface area contributed by atoms with E-state index in [4.69, 9.17) is 0 Å². The number of pyridine rings is 1. The largest absolute Gasteiger partial charge is 0.506 e.